The number of halogens is 1. The first kappa shape index (κ1) is 14.6. The first-order chi connectivity index (χ1) is 9.13. The number of alkyl halides is 1. The number of anilines is 1. The topological polar surface area (TPSA) is 38.1 Å². The van der Waals surface area contributed by atoms with E-state index in [0.29, 0.717) is 17.8 Å². The molecule has 0 saturated heterocycles. The van der Waals surface area contributed by atoms with Gasteiger partial charge in [-0.15, -0.1) is 0 Å². The average Bonchev–Trinajstić information content (AvgIpc) is 2.28. The first-order valence-corrected chi connectivity index (χ1v) is 8.13. The maximum absolute atomic E-state index is 12.5. The second-order valence-corrected chi connectivity index (χ2v) is 6.36. The number of aromatic nitrogens is 2. The fraction of sp³-hybridized carbons (Fsp3) is 0.714. The van der Waals surface area contributed by atoms with Crippen LogP contribution in [0.25, 0.3) is 0 Å². The van der Waals surface area contributed by atoms with E-state index in [9.17, 15) is 4.79 Å². The van der Waals surface area contributed by atoms with Crippen molar-refractivity contribution in [3.8, 4) is 0 Å². The summed E-state index contributed by atoms with van der Waals surface area (Å²) in [4.78, 5) is 19.0. The van der Waals surface area contributed by atoms with E-state index in [4.69, 9.17) is 0 Å². The van der Waals surface area contributed by atoms with Crippen molar-refractivity contribution in [2.75, 3.05) is 16.8 Å². The van der Waals surface area contributed by atoms with Crippen LogP contribution in [-0.4, -0.2) is 27.5 Å². The molecule has 2 rings (SSSR count). The number of hydrogen-bond acceptors (Lipinski definition) is 3. The van der Waals surface area contributed by atoms with Crippen molar-refractivity contribution in [3.63, 3.8) is 0 Å². The number of rotatable bonds is 6. The molecule has 1 aromatic rings. The van der Waals surface area contributed by atoms with Crippen LogP contribution in [0.5, 0.6) is 0 Å². The fourth-order valence-electron chi connectivity index (χ4n) is 2.42. The largest absolute Gasteiger partial charge is 0.348 e. The Kier molecular flexibility index (Phi) is 5.02. The van der Waals surface area contributed by atoms with Crippen molar-refractivity contribution in [1.82, 2.24) is 9.55 Å². The summed E-state index contributed by atoms with van der Waals surface area (Å²) in [5, 5.41) is 0.865. The van der Waals surface area contributed by atoms with Crippen molar-refractivity contribution in [1.29, 1.82) is 0 Å². The molecule has 0 radical (unpaired) electrons. The lowest BCUT2D eigenvalue weighted by Gasteiger charge is -2.37. The zero-order valence-corrected chi connectivity index (χ0v) is 13.3. The van der Waals surface area contributed by atoms with Gasteiger partial charge in [-0.25, -0.2) is 4.98 Å². The minimum atomic E-state index is 0.0454. The highest BCUT2D eigenvalue weighted by atomic mass is 79.9. The van der Waals surface area contributed by atoms with Crippen molar-refractivity contribution in [2.24, 2.45) is 5.92 Å². The minimum Gasteiger partial charge on any atom is -0.348 e. The Bertz CT molecular complexity index is 468. The zero-order valence-electron chi connectivity index (χ0n) is 11.7. The van der Waals surface area contributed by atoms with E-state index in [2.05, 4.69) is 39.7 Å². The van der Waals surface area contributed by atoms with Gasteiger partial charge in [-0.3, -0.25) is 4.79 Å². The third kappa shape index (κ3) is 3.38. The summed E-state index contributed by atoms with van der Waals surface area (Å²) in [6.07, 6.45) is 7.15. The molecule has 0 aromatic carbocycles. The summed E-state index contributed by atoms with van der Waals surface area (Å²) < 4.78 is 1.78. The van der Waals surface area contributed by atoms with Crippen LogP contribution in [0.4, 0.5) is 5.82 Å². The maximum atomic E-state index is 12.5. The fourth-order valence-corrected chi connectivity index (χ4v) is 2.80. The quantitative estimate of drug-likeness (QED) is 0.754. The van der Waals surface area contributed by atoms with Gasteiger partial charge in [0.1, 0.15) is 0 Å². The van der Waals surface area contributed by atoms with E-state index < -0.39 is 0 Å². The van der Waals surface area contributed by atoms with Crippen molar-refractivity contribution in [3.05, 3.63) is 22.7 Å². The molecule has 1 saturated carbocycles. The highest BCUT2D eigenvalue weighted by Gasteiger charge is 2.27. The van der Waals surface area contributed by atoms with E-state index in [1.807, 2.05) is 0 Å². The summed E-state index contributed by atoms with van der Waals surface area (Å²) in [6, 6.07) is 0.493. The molecule has 106 valence electrons. The smallest absolute Gasteiger partial charge is 0.293 e. The van der Waals surface area contributed by atoms with Gasteiger partial charge in [0.15, 0.2) is 5.82 Å². The van der Waals surface area contributed by atoms with Gasteiger partial charge in [-0.2, -0.15) is 0 Å². The second-order valence-electron chi connectivity index (χ2n) is 5.57. The van der Waals surface area contributed by atoms with Gasteiger partial charge < -0.3 is 9.47 Å². The van der Waals surface area contributed by atoms with Gasteiger partial charge in [0.05, 0.1) is 0 Å². The van der Waals surface area contributed by atoms with Crippen LogP contribution in [0.1, 0.15) is 33.1 Å². The molecule has 0 atom stereocenters. The molecule has 1 aliphatic rings. The van der Waals surface area contributed by atoms with Crippen LogP contribution < -0.4 is 10.5 Å². The predicted molar refractivity (Wildman–Crippen MR) is 82.1 cm³/mol. The molecule has 0 bridgehead atoms. The Morgan fingerprint density at radius 3 is 2.79 bits per heavy atom. The van der Waals surface area contributed by atoms with Gasteiger partial charge in [0.2, 0.25) is 0 Å². The molecular formula is C14H22BrN3O. The van der Waals surface area contributed by atoms with E-state index >= 15 is 0 Å². The van der Waals surface area contributed by atoms with Gasteiger partial charge in [-0.05, 0) is 25.2 Å². The Morgan fingerprint density at radius 1 is 1.53 bits per heavy atom. The van der Waals surface area contributed by atoms with Crippen molar-refractivity contribution in [2.45, 2.75) is 45.7 Å². The van der Waals surface area contributed by atoms with E-state index in [1.54, 1.807) is 17.0 Å². The highest BCUT2D eigenvalue weighted by Crippen LogP contribution is 2.26. The van der Waals surface area contributed by atoms with Crippen LogP contribution in [0.3, 0.4) is 0 Å². The van der Waals surface area contributed by atoms with Gasteiger partial charge >= 0.3 is 0 Å². The third-order valence-corrected chi connectivity index (χ3v) is 3.93. The standard InChI is InChI=1S/C14H22BrN3O/c1-11(2)10-17-9-7-16-13(14(17)19)18(8-6-15)12-4-3-5-12/h7,9,11-12H,3-6,8,10H2,1-2H3. The van der Waals surface area contributed by atoms with Crippen molar-refractivity contribution < 1.29 is 0 Å². The van der Waals surface area contributed by atoms with Gasteiger partial charge in [-0.1, -0.05) is 29.8 Å². The molecule has 0 unspecified atom stereocenters. The SMILES string of the molecule is CC(C)Cn1ccnc(N(CCBr)C2CCC2)c1=O. The summed E-state index contributed by atoms with van der Waals surface area (Å²) in [5.41, 5.74) is 0.0454. The van der Waals surface area contributed by atoms with E-state index in [-0.39, 0.29) is 5.56 Å². The predicted octanol–water partition coefficient (Wildman–Crippen LogP) is 2.65. The van der Waals surface area contributed by atoms with Crippen LogP contribution in [0.2, 0.25) is 0 Å². The lowest BCUT2D eigenvalue weighted by Crippen LogP contribution is -2.45. The molecule has 0 amide bonds. The van der Waals surface area contributed by atoms with Crippen molar-refractivity contribution >= 4 is 21.7 Å². The highest BCUT2D eigenvalue weighted by molar-refractivity contribution is 9.09. The molecule has 5 heteroatoms. The van der Waals surface area contributed by atoms with E-state index in [0.717, 1.165) is 18.4 Å². The second kappa shape index (κ2) is 6.55. The third-order valence-electron chi connectivity index (χ3n) is 3.57. The average molecular weight is 328 g/mol. The molecule has 1 fully saturated rings. The summed E-state index contributed by atoms with van der Waals surface area (Å²) >= 11 is 3.47. The maximum Gasteiger partial charge on any atom is 0.293 e. The molecular weight excluding hydrogens is 306 g/mol. The molecule has 0 aliphatic heterocycles. The molecule has 1 aromatic heterocycles. The molecule has 4 nitrogen and oxygen atoms in total. The van der Waals surface area contributed by atoms with Crippen LogP contribution in [0, 0.1) is 5.92 Å². The van der Waals surface area contributed by atoms with Crippen LogP contribution in [0.15, 0.2) is 17.2 Å². The Labute approximate surface area is 123 Å². The first-order valence-electron chi connectivity index (χ1n) is 7.01. The summed E-state index contributed by atoms with van der Waals surface area (Å²) in [7, 11) is 0. The normalized spacial score (nSPS) is 15.6. The molecule has 19 heavy (non-hydrogen) atoms. The zero-order chi connectivity index (χ0) is 13.8. The molecule has 0 N–H and O–H groups in total. The Morgan fingerprint density at radius 2 is 2.26 bits per heavy atom. The number of hydrogen-bond donors (Lipinski definition) is 0. The molecule has 1 heterocycles. The Balaban J connectivity index is 2.28. The molecule has 0 spiro atoms. The summed E-state index contributed by atoms with van der Waals surface area (Å²) in [6.45, 7) is 5.84. The minimum absolute atomic E-state index is 0.0454. The van der Waals surface area contributed by atoms with E-state index in [1.165, 1.54) is 19.3 Å². The monoisotopic (exact) mass is 327 g/mol. The molecule has 1 aliphatic carbocycles. The lowest BCUT2D eigenvalue weighted by molar-refractivity contribution is 0.386. The Hall–Kier alpha value is -0.840. The number of nitrogens with zero attached hydrogens (tertiary/aromatic N) is 3. The van der Waals surface area contributed by atoms with Gasteiger partial charge in [0.25, 0.3) is 5.56 Å². The summed E-state index contributed by atoms with van der Waals surface area (Å²) in [5.74, 6) is 1.08. The lowest BCUT2D eigenvalue weighted by atomic mass is 9.91. The van der Waals surface area contributed by atoms with Crippen LogP contribution in [-0.2, 0) is 6.54 Å². The van der Waals surface area contributed by atoms with Gasteiger partial charge in [0, 0.05) is 36.9 Å². The van der Waals surface area contributed by atoms with Crippen LogP contribution >= 0.6 is 15.9 Å².